The Morgan fingerprint density at radius 2 is 1.81 bits per heavy atom. The molecule has 7 nitrogen and oxygen atoms in total. The van der Waals surface area contributed by atoms with Gasteiger partial charge >= 0.3 is 5.92 Å². The molecule has 1 saturated heterocycles. The molecule has 0 aromatic heterocycles. The van der Waals surface area contributed by atoms with Crippen LogP contribution in [-0.4, -0.2) is 70.3 Å². The standard InChI is InChI=1S/C22H22B4ClF2N3O4/c23-15-16(24)21(25,19(35)30-17(15)33)31-9-11-7-10(1-6-14(11)18(31)34)8-32(26)20(36)22(28,29)12-2-4-13(27)5-3-12/h1-7,15-16H,8-9,23-26H2,(H,30,33,35). The molecule has 4 amide bonds. The highest BCUT2D eigenvalue weighted by Gasteiger charge is 2.54. The van der Waals surface area contributed by atoms with Crippen LogP contribution in [0.4, 0.5) is 8.78 Å². The fourth-order valence-electron chi connectivity index (χ4n) is 4.86. The van der Waals surface area contributed by atoms with Crippen molar-refractivity contribution in [2.45, 2.75) is 36.1 Å². The lowest BCUT2D eigenvalue weighted by molar-refractivity contribution is -0.154. The van der Waals surface area contributed by atoms with Gasteiger partial charge in [0.25, 0.3) is 11.8 Å². The van der Waals surface area contributed by atoms with Gasteiger partial charge in [-0.3, -0.25) is 24.5 Å². The molecular formula is C22H22B4ClF2N3O4. The first-order valence-electron chi connectivity index (χ1n) is 11.5. The van der Waals surface area contributed by atoms with Gasteiger partial charge in [-0.25, -0.2) is 0 Å². The SMILES string of the molecule is BC1C(=O)NC(=O)C(B)(N2Cc3cc(CN(B)C(=O)C(F)(F)c4ccc(Cl)cc4)ccc3C2=O)C1B. The van der Waals surface area contributed by atoms with Gasteiger partial charge in [-0.2, -0.15) is 8.78 Å². The van der Waals surface area contributed by atoms with E-state index >= 15 is 0 Å². The molecule has 2 aliphatic rings. The molecule has 14 heteroatoms. The molecule has 0 aliphatic carbocycles. The molecule has 0 radical (unpaired) electrons. The number of fused-ring (bicyclic) bond motifs is 1. The maximum atomic E-state index is 14.8. The molecule has 36 heavy (non-hydrogen) atoms. The summed E-state index contributed by atoms with van der Waals surface area (Å²) in [7, 11) is 6.41. The van der Waals surface area contributed by atoms with Crippen molar-refractivity contribution in [2.24, 2.45) is 0 Å². The molecule has 0 spiro atoms. The zero-order chi connectivity index (χ0) is 26.6. The lowest BCUT2D eigenvalue weighted by Crippen LogP contribution is -2.67. The number of piperidine rings is 1. The highest BCUT2D eigenvalue weighted by molar-refractivity contribution is 6.43. The number of carbonyl (C=O) groups is 4. The van der Waals surface area contributed by atoms with Crippen LogP contribution in [0.15, 0.2) is 42.5 Å². The topological polar surface area (TPSA) is 86.8 Å². The Balaban J connectivity index is 1.53. The van der Waals surface area contributed by atoms with Crippen molar-refractivity contribution in [3.63, 3.8) is 0 Å². The molecule has 0 bridgehead atoms. The Morgan fingerprint density at radius 3 is 2.44 bits per heavy atom. The monoisotopic (exact) mass is 509 g/mol. The van der Waals surface area contributed by atoms with Gasteiger partial charge in [0.1, 0.15) is 23.5 Å². The Hall–Kier alpha value is -3.07. The third-order valence-electron chi connectivity index (χ3n) is 7.52. The predicted molar refractivity (Wildman–Crippen MR) is 140 cm³/mol. The first-order valence-corrected chi connectivity index (χ1v) is 11.8. The zero-order valence-electron chi connectivity index (χ0n) is 20.3. The van der Waals surface area contributed by atoms with Crippen molar-refractivity contribution < 1.29 is 28.0 Å². The molecular weight excluding hydrogens is 487 g/mol. The van der Waals surface area contributed by atoms with Crippen molar-refractivity contribution in [1.29, 1.82) is 0 Å². The first kappa shape index (κ1) is 26.0. The average molecular weight is 509 g/mol. The number of nitrogens with zero attached hydrogens (tertiary/aromatic N) is 2. The summed E-state index contributed by atoms with van der Waals surface area (Å²) in [5, 5.41) is 2.64. The van der Waals surface area contributed by atoms with Crippen LogP contribution in [0, 0.1) is 0 Å². The number of hydrogen-bond acceptors (Lipinski definition) is 4. The highest BCUT2D eigenvalue weighted by Crippen LogP contribution is 2.41. The van der Waals surface area contributed by atoms with E-state index in [0.29, 0.717) is 16.7 Å². The number of amides is 4. The minimum atomic E-state index is -3.74. The Morgan fingerprint density at radius 1 is 1.17 bits per heavy atom. The van der Waals surface area contributed by atoms with Gasteiger partial charge in [0, 0.05) is 35.1 Å². The van der Waals surface area contributed by atoms with Gasteiger partial charge in [0.2, 0.25) is 19.8 Å². The quantitative estimate of drug-likeness (QED) is 0.406. The van der Waals surface area contributed by atoms with Gasteiger partial charge in [-0.15, -0.1) is 0 Å². The number of halogens is 3. The maximum absolute atomic E-state index is 14.8. The van der Waals surface area contributed by atoms with Crippen molar-refractivity contribution in [3.8, 4) is 0 Å². The van der Waals surface area contributed by atoms with Crippen LogP contribution in [0.1, 0.15) is 27.0 Å². The van der Waals surface area contributed by atoms with Crippen molar-refractivity contribution >= 4 is 66.7 Å². The van der Waals surface area contributed by atoms with E-state index in [-0.39, 0.29) is 29.9 Å². The summed E-state index contributed by atoms with van der Waals surface area (Å²) in [4.78, 5) is 53.1. The molecule has 2 aliphatic heterocycles. The second-order valence-corrected chi connectivity index (χ2v) is 10.1. The van der Waals surface area contributed by atoms with Crippen LogP contribution in [0.25, 0.3) is 0 Å². The lowest BCUT2D eigenvalue weighted by atomic mass is 9.48. The number of imide groups is 1. The molecule has 1 fully saturated rings. The second kappa shape index (κ2) is 9.10. The normalized spacial score (nSPS) is 23.9. The van der Waals surface area contributed by atoms with E-state index in [2.05, 4.69) is 5.32 Å². The van der Waals surface area contributed by atoms with Crippen molar-refractivity contribution in [3.05, 3.63) is 69.7 Å². The largest absolute Gasteiger partial charge is 0.384 e. The lowest BCUT2D eigenvalue weighted by Gasteiger charge is -2.47. The predicted octanol–water partition coefficient (Wildman–Crippen LogP) is -1.21. The molecule has 1 N–H and O–H groups in total. The molecule has 3 atom stereocenters. The van der Waals surface area contributed by atoms with E-state index in [1.165, 1.54) is 25.0 Å². The first-order chi connectivity index (χ1) is 16.8. The number of nitrogens with one attached hydrogen (secondary N) is 1. The maximum Gasteiger partial charge on any atom is 0.348 e. The number of hydrogen-bond donors (Lipinski definition) is 1. The van der Waals surface area contributed by atoms with Crippen LogP contribution in [0.3, 0.4) is 0 Å². The molecule has 2 aromatic carbocycles. The summed E-state index contributed by atoms with van der Waals surface area (Å²) in [5.74, 6) is -7.26. The van der Waals surface area contributed by atoms with Crippen LogP contribution < -0.4 is 5.32 Å². The Bertz CT molecular complexity index is 1280. The van der Waals surface area contributed by atoms with E-state index < -0.39 is 40.4 Å². The fraction of sp³-hybridized carbons (Fsp3) is 0.273. The number of benzene rings is 2. The van der Waals surface area contributed by atoms with E-state index in [4.69, 9.17) is 11.6 Å². The minimum absolute atomic E-state index is 0.108. The van der Waals surface area contributed by atoms with E-state index in [9.17, 15) is 28.0 Å². The molecule has 0 saturated carbocycles. The van der Waals surface area contributed by atoms with Crippen LogP contribution >= 0.6 is 11.6 Å². The van der Waals surface area contributed by atoms with E-state index in [1.807, 2.05) is 0 Å². The van der Waals surface area contributed by atoms with E-state index in [0.717, 1.165) is 16.9 Å². The van der Waals surface area contributed by atoms with Crippen LogP contribution in [-0.2, 0) is 33.4 Å². The Labute approximate surface area is 215 Å². The molecule has 2 aromatic rings. The third-order valence-corrected chi connectivity index (χ3v) is 7.77. The van der Waals surface area contributed by atoms with Gasteiger partial charge in [-0.1, -0.05) is 35.9 Å². The summed E-state index contributed by atoms with van der Waals surface area (Å²) in [6.45, 7) is 0.0128. The summed E-state index contributed by atoms with van der Waals surface area (Å²) >= 11 is 5.76. The second-order valence-electron chi connectivity index (χ2n) is 9.67. The van der Waals surface area contributed by atoms with Gasteiger partial charge in [0.15, 0.2) is 0 Å². The fourth-order valence-corrected chi connectivity index (χ4v) is 4.98. The molecule has 3 unspecified atom stereocenters. The van der Waals surface area contributed by atoms with Crippen LogP contribution in [0.2, 0.25) is 16.7 Å². The molecule has 4 rings (SSSR count). The van der Waals surface area contributed by atoms with E-state index in [1.54, 1.807) is 41.7 Å². The average Bonchev–Trinajstić information content (AvgIpc) is 3.17. The summed E-state index contributed by atoms with van der Waals surface area (Å²) in [5.41, 5.74) is -0.129. The summed E-state index contributed by atoms with van der Waals surface area (Å²) in [6, 6.07) is 9.68. The Kier molecular flexibility index (Phi) is 6.58. The number of alkyl halides is 2. The molecule has 182 valence electrons. The summed E-state index contributed by atoms with van der Waals surface area (Å²) in [6.07, 6.45) is 0. The third kappa shape index (κ3) is 4.13. The number of rotatable bonds is 5. The van der Waals surface area contributed by atoms with Gasteiger partial charge in [-0.05, 0) is 35.1 Å². The van der Waals surface area contributed by atoms with Crippen molar-refractivity contribution in [2.75, 3.05) is 0 Å². The molecule has 2 heterocycles. The summed E-state index contributed by atoms with van der Waals surface area (Å²) < 4.78 is 29.6. The zero-order valence-corrected chi connectivity index (χ0v) is 21.0. The smallest absolute Gasteiger partial charge is 0.348 e. The minimum Gasteiger partial charge on any atom is -0.384 e. The van der Waals surface area contributed by atoms with Crippen LogP contribution in [0.5, 0.6) is 0 Å². The van der Waals surface area contributed by atoms with Crippen molar-refractivity contribution in [1.82, 2.24) is 15.0 Å². The highest BCUT2D eigenvalue weighted by atomic mass is 35.5. The number of carbonyl (C=O) groups excluding carboxylic acids is 4. The van der Waals surface area contributed by atoms with Gasteiger partial charge < -0.3 is 9.71 Å². The van der Waals surface area contributed by atoms with Gasteiger partial charge in [0.05, 0.1) is 5.44 Å².